The molecule has 1 rings (SSSR count). The van der Waals surface area contributed by atoms with E-state index in [1.54, 1.807) is 0 Å². The van der Waals surface area contributed by atoms with Crippen molar-refractivity contribution in [3.8, 4) is 0 Å². The summed E-state index contributed by atoms with van der Waals surface area (Å²) in [6, 6.07) is 0. The second kappa shape index (κ2) is 6.16. The minimum atomic E-state index is -3.98. The molecule has 1 saturated heterocycles. The molecular formula is C9H15F3S2. The Balaban J connectivity index is 1.97. The molecule has 0 spiro atoms. The SMILES string of the molecule is FC(F)(F)CCSCC1CCSCC1. The van der Waals surface area contributed by atoms with E-state index in [9.17, 15) is 13.2 Å². The standard InChI is InChI=1S/C9H15F3S2/c10-9(11,12)3-6-14-7-8-1-4-13-5-2-8/h8H,1-7H2. The zero-order chi connectivity index (χ0) is 10.4. The lowest BCUT2D eigenvalue weighted by Crippen LogP contribution is -2.13. The predicted molar refractivity (Wildman–Crippen MR) is 58.0 cm³/mol. The van der Waals surface area contributed by atoms with E-state index in [0.29, 0.717) is 5.92 Å². The molecule has 0 saturated carbocycles. The maximum absolute atomic E-state index is 11.8. The summed E-state index contributed by atoms with van der Waals surface area (Å²) < 4.78 is 35.4. The van der Waals surface area contributed by atoms with E-state index >= 15 is 0 Å². The molecule has 0 amide bonds. The Morgan fingerprint density at radius 3 is 2.43 bits per heavy atom. The molecule has 14 heavy (non-hydrogen) atoms. The van der Waals surface area contributed by atoms with Gasteiger partial charge in [0.25, 0.3) is 0 Å². The van der Waals surface area contributed by atoms with Crippen molar-refractivity contribution in [3.05, 3.63) is 0 Å². The number of rotatable bonds is 4. The van der Waals surface area contributed by atoms with Crippen LogP contribution in [0.3, 0.4) is 0 Å². The van der Waals surface area contributed by atoms with Crippen molar-refractivity contribution in [2.24, 2.45) is 5.92 Å². The molecule has 0 N–H and O–H groups in total. The maximum atomic E-state index is 11.8. The molecule has 5 heteroatoms. The minimum Gasteiger partial charge on any atom is -0.171 e. The molecule has 0 aromatic heterocycles. The number of halogens is 3. The van der Waals surface area contributed by atoms with E-state index < -0.39 is 12.6 Å². The van der Waals surface area contributed by atoms with Crippen LogP contribution in [-0.4, -0.2) is 29.2 Å². The summed E-state index contributed by atoms with van der Waals surface area (Å²) in [5, 5.41) is 0. The third-order valence-electron chi connectivity index (χ3n) is 2.22. The first-order valence-electron chi connectivity index (χ1n) is 4.80. The monoisotopic (exact) mass is 244 g/mol. The molecule has 1 aliphatic heterocycles. The molecule has 0 bridgehead atoms. The molecule has 84 valence electrons. The number of alkyl halides is 3. The fourth-order valence-electron chi connectivity index (χ4n) is 1.35. The van der Waals surface area contributed by atoms with Gasteiger partial charge in [-0.2, -0.15) is 36.7 Å². The van der Waals surface area contributed by atoms with Crippen LogP contribution in [0.5, 0.6) is 0 Å². The minimum absolute atomic E-state index is 0.229. The average Bonchev–Trinajstić information content (AvgIpc) is 2.13. The highest BCUT2D eigenvalue weighted by atomic mass is 32.2. The quantitative estimate of drug-likeness (QED) is 0.690. The van der Waals surface area contributed by atoms with Gasteiger partial charge in [0, 0.05) is 5.75 Å². The summed E-state index contributed by atoms with van der Waals surface area (Å²) in [6.45, 7) is 0. The van der Waals surface area contributed by atoms with Crippen LogP contribution in [-0.2, 0) is 0 Å². The van der Waals surface area contributed by atoms with E-state index in [4.69, 9.17) is 0 Å². The van der Waals surface area contributed by atoms with Crippen molar-refractivity contribution in [1.82, 2.24) is 0 Å². The summed E-state index contributed by atoms with van der Waals surface area (Å²) in [5.74, 6) is 4.17. The van der Waals surface area contributed by atoms with Gasteiger partial charge in [-0.1, -0.05) is 0 Å². The van der Waals surface area contributed by atoms with Gasteiger partial charge in [0.15, 0.2) is 0 Å². The van der Waals surface area contributed by atoms with Gasteiger partial charge in [0.1, 0.15) is 0 Å². The molecular weight excluding hydrogens is 229 g/mol. The Hall–Kier alpha value is 0.490. The van der Waals surface area contributed by atoms with Gasteiger partial charge < -0.3 is 0 Å². The number of hydrogen-bond donors (Lipinski definition) is 0. The fraction of sp³-hybridized carbons (Fsp3) is 1.00. The van der Waals surface area contributed by atoms with Gasteiger partial charge in [0.05, 0.1) is 6.42 Å². The Morgan fingerprint density at radius 2 is 1.86 bits per heavy atom. The summed E-state index contributed by atoms with van der Waals surface area (Å²) in [7, 11) is 0. The van der Waals surface area contributed by atoms with Gasteiger partial charge in [-0.15, -0.1) is 0 Å². The molecule has 1 aliphatic rings. The van der Waals surface area contributed by atoms with Crippen molar-refractivity contribution >= 4 is 23.5 Å². The van der Waals surface area contributed by atoms with E-state index in [0.717, 1.165) is 5.75 Å². The van der Waals surface area contributed by atoms with Crippen molar-refractivity contribution in [3.63, 3.8) is 0 Å². The summed E-state index contributed by atoms with van der Waals surface area (Å²) >= 11 is 3.41. The first-order valence-corrected chi connectivity index (χ1v) is 7.11. The molecule has 0 atom stereocenters. The van der Waals surface area contributed by atoms with Crippen molar-refractivity contribution in [2.45, 2.75) is 25.4 Å². The zero-order valence-corrected chi connectivity index (χ0v) is 9.61. The molecule has 0 nitrogen and oxygen atoms in total. The fourth-order valence-corrected chi connectivity index (χ4v) is 3.76. The Labute approximate surface area is 91.4 Å². The number of thioether (sulfide) groups is 2. The van der Waals surface area contributed by atoms with Gasteiger partial charge in [-0.25, -0.2) is 0 Å². The number of hydrogen-bond acceptors (Lipinski definition) is 2. The second-order valence-corrected chi connectivity index (χ2v) is 5.87. The predicted octanol–water partition coefficient (Wildman–Crippen LogP) is 3.82. The lowest BCUT2D eigenvalue weighted by Gasteiger charge is -2.20. The topological polar surface area (TPSA) is 0 Å². The first-order chi connectivity index (χ1) is 6.58. The van der Waals surface area contributed by atoms with Gasteiger partial charge >= 0.3 is 6.18 Å². The maximum Gasteiger partial charge on any atom is 0.389 e. The van der Waals surface area contributed by atoms with Crippen LogP contribution < -0.4 is 0 Å². The van der Waals surface area contributed by atoms with Gasteiger partial charge in [-0.05, 0) is 36.0 Å². The largest absolute Gasteiger partial charge is 0.389 e. The van der Waals surface area contributed by atoms with Crippen molar-refractivity contribution < 1.29 is 13.2 Å². The van der Waals surface area contributed by atoms with E-state index in [-0.39, 0.29) is 5.75 Å². The first kappa shape index (κ1) is 12.6. The highest BCUT2D eigenvalue weighted by molar-refractivity contribution is 7.99. The lowest BCUT2D eigenvalue weighted by molar-refractivity contribution is -0.129. The highest BCUT2D eigenvalue weighted by Crippen LogP contribution is 2.27. The normalized spacial score (nSPS) is 19.9. The van der Waals surface area contributed by atoms with Crippen molar-refractivity contribution in [2.75, 3.05) is 23.0 Å². The second-order valence-electron chi connectivity index (χ2n) is 3.50. The Kier molecular flexibility index (Phi) is 5.52. The molecule has 0 aromatic carbocycles. The summed E-state index contributed by atoms with van der Waals surface area (Å²) in [4.78, 5) is 0. The average molecular weight is 244 g/mol. The van der Waals surface area contributed by atoms with Crippen LogP contribution in [0.15, 0.2) is 0 Å². The molecule has 0 radical (unpaired) electrons. The van der Waals surface area contributed by atoms with Crippen molar-refractivity contribution in [1.29, 1.82) is 0 Å². The van der Waals surface area contributed by atoms with Gasteiger partial charge in [-0.3, -0.25) is 0 Å². The Bertz CT molecular complexity index is 153. The molecule has 0 aromatic rings. The highest BCUT2D eigenvalue weighted by Gasteiger charge is 2.26. The molecule has 1 fully saturated rings. The van der Waals surface area contributed by atoms with Crippen LogP contribution in [0.2, 0.25) is 0 Å². The smallest absolute Gasteiger partial charge is 0.171 e. The van der Waals surface area contributed by atoms with Crippen LogP contribution in [0.1, 0.15) is 19.3 Å². The van der Waals surface area contributed by atoms with E-state index in [2.05, 4.69) is 0 Å². The molecule has 0 unspecified atom stereocenters. The molecule has 0 aliphatic carbocycles. The molecule has 1 heterocycles. The summed E-state index contributed by atoms with van der Waals surface area (Å²) in [6.07, 6.45) is -2.25. The Morgan fingerprint density at radius 1 is 1.21 bits per heavy atom. The van der Waals surface area contributed by atoms with Crippen LogP contribution in [0, 0.1) is 5.92 Å². The van der Waals surface area contributed by atoms with E-state index in [1.165, 1.54) is 36.1 Å². The zero-order valence-electron chi connectivity index (χ0n) is 7.98. The van der Waals surface area contributed by atoms with Crippen LogP contribution in [0.25, 0.3) is 0 Å². The summed E-state index contributed by atoms with van der Waals surface area (Å²) in [5.41, 5.74) is 0. The lowest BCUT2D eigenvalue weighted by atomic mass is 10.1. The third kappa shape index (κ3) is 6.06. The van der Waals surface area contributed by atoms with Crippen LogP contribution in [0.4, 0.5) is 13.2 Å². The third-order valence-corrected chi connectivity index (χ3v) is 4.47. The van der Waals surface area contributed by atoms with Crippen LogP contribution >= 0.6 is 23.5 Å². The van der Waals surface area contributed by atoms with Gasteiger partial charge in [0.2, 0.25) is 0 Å². The van der Waals surface area contributed by atoms with E-state index in [1.807, 2.05) is 11.8 Å².